The molecule has 2 rings (SSSR count). The predicted octanol–water partition coefficient (Wildman–Crippen LogP) is 1.35. The fraction of sp³-hybridized carbons (Fsp3) is 0.438. The molecule has 7 nitrogen and oxygen atoms in total. The fourth-order valence-corrected chi connectivity index (χ4v) is 2.23. The number of carbonyl (C=O) groups excluding carboxylic acids is 1. The highest BCUT2D eigenvalue weighted by atomic mass is 16.3. The Morgan fingerprint density at radius 1 is 1.39 bits per heavy atom. The lowest BCUT2D eigenvalue weighted by atomic mass is 10.0. The van der Waals surface area contributed by atoms with Crippen LogP contribution in [0, 0.1) is 5.92 Å². The second kappa shape index (κ2) is 8.28. The number of amides is 2. The van der Waals surface area contributed by atoms with E-state index in [0.717, 1.165) is 17.8 Å². The van der Waals surface area contributed by atoms with E-state index >= 15 is 0 Å². The van der Waals surface area contributed by atoms with Crippen LogP contribution in [0.5, 0.6) is 0 Å². The van der Waals surface area contributed by atoms with Crippen molar-refractivity contribution in [2.75, 3.05) is 18.5 Å². The molecule has 0 saturated carbocycles. The number of hydrogen-bond acceptors (Lipinski definition) is 4. The molecular formula is C16H23N5O2. The largest absolute Gasteiger partial charge is 0.396 e. The summed E-state index contributed by atoms with van der Waals surface area (Å²) in [5.74, 6) is 0.568. The van der Waals surface area contributed by atoms with Crippen molar-refractivity contribution in [1.29, 1.82) is 0 Å². The van der Waals surface area contributed by atoms with Crippen LogP contribution in [0.15, 0.2) is 30.5 Å². The van der Waals surface area contributed by atoms with Crippen LogP contribution in [0.1, 0.15) is 18.3 Å². The molecule has 0 radical (unpaired) electrons. The number of pyridine rings is 1. The first kappa shape index (κ1) is 17.0. The molecule has 0 bridgehead atoms. The summed E-state index contributed by atoms with van der Waals surface area (Å²) in [6.45, 7) is 2.37. The van der Waals surface area contributed by atoms with E-state index in [1.807, 2.05) is 31.2 Å². The Labute approximate surface area is 135 Å². The molecule has 124 valence electrons. The zero-order valence-electron chi connectivity index (χ0n) is 13.5. The van der Waals surface area contributed by atoms with E-state index in [2.05, 4.69) is 20.7 Å². The molecule has 0 saturated heterocycles. The minimum absolute atomic E-state index is 0.0114. The number of anilines is 1. The van der Waals surface area contributed by atoms with Crippen molar-refractivity contribution in [3.05, 3.63) is 41.9 Å². The number of aryl methyl sites for hydroxylation is 2. The summed E-state index contributed by atoms with van der Waals surface area (Å²) in [4.78, 5) is 16.2. The van der Waals surface area contributed by atoms with Crippen molar-refractivity contribution in [3.8, 4) is 0 Å². The summed E-state index contributed by atoms with van der Waals surface area (Å²) < 4.78 is 1.63. The number of rotatable bonds is 7. The van der Waals surface area contributed by atoms with Crippen LogP contribution in [0.4, 0.5) is 10.6 Å². The van der Waals surface area contributed by atoms with Crippen molar-refractivity contribution in [2.24, 2.45) is 13.0 Å². The molecular weight excluding hydrogens is 294 g/mol. The zero-order valence-corrected chi connectivity index (χ0v) is 13.5. The van der Waals surface area contributed by atoms with Crippen LogP contribution in [0.3, 0.4) is 0 Å². The molecule has 2 aromatic heterocycles. The molecule has 23 heavy (non-hydrogen) atoms. The third kappa shape index (κ3) is 5.07. The Balaban J connectivity index is 1.83. The highest BCUT2D eigenvalue weighted by Crippen LogP contribution is 2.09. The number of urea groups is 1. The lowest BCUT2D eigenvalue weighted by Crippen LogP contribution is -2.35. The van der Waals surface area contributed by atoms with E-state index in [9.17, 15) is 9.90 Å². The van der Waals surface area contributed by atoms with E-state index in [4.69, 9.17) is 0 Å². The van der Waals surface area contributed by atoms with Gasteiger partial charge in [-0.1, -0.05) is 13.0 Å². The minimum Gasteiger partial charge on any atom is -0.396 e. The maximum absolute atomic E-state index is 12.0. The van der Waals surface area contributed by atoms with Gasteiger partial charge in [-0.25, -0.2) is 4.79 Å². The van der Waals surface area contributed by atoms with Crippen LogP contribution < -0.4 is 10.6 Å². The number of nitrogens with one attached hydrogen (secondary N) is 2. The molecule has 1 atom stereocenters. The van der Waals surface area contributed by atoms with Gasteiger partial charge in [0.15, 0.2) is 0 Å². The van der Waals surface area contributed by atoms with E-state index in [0.29, 0.717) is 18.8 Å². The zero-order chi connectivity index (χ0) is 16.7. The lowest BCUT2D eigenvalue weighted by molar-refractivity contribution is 0.217. The Kier molecular flexibility index (Phi) is 6.10. The Bertz CT molecular complexity index is 627. The van der Waals surface area contributed by atoms with Crippen LogP contribution in [-0.4, -0.2) is 39.1 Å². The smallest absolute Gasteiger partial charge is 0.320 e. The topological polar surface area (TPSA) is 92.1 Å². The van der Waals surface area contributed by atoms with Crippen LogP contribution in [0.25, 0.3) is 0 Å². The Hall–Kier alpha value is -2.41. The molecule has 1 unspecified atom stereocenters. The van der Waals surface area contributed by atoms with Crippen LogP contribution in [-0.2, 0) is 19.9 Å². The monoisotopic (exact) mass is 317 g/mol. The highest BCUT2D eigenvalue weighted by molar-refractivity contribution is 5.88. The second-order valence-electron chi connectivity index (χ2n) is 5.41. The van der Waals surface area contributed by atoms with E-state index < -0.39 is 0 Å². The SMILES string of the molecule is CCc1cc(NC(=O)NCC(CO)Cc2ccccn2)n(C)n1. The summed E-state index contributed by atoms with van der Waals surface area (Å²) in [5.41, 5.74) is 1.82. The number of aliphatic hydroxyl groups excluding tert-OH is 1. The Morgan fingerprint density at radius 3 is 2.83 bits per heavy atom. The fourth-order valence-electron chi connectivity index (χ4n) is 2.23. The molecule has 2 amide bonds. The first-order valence-corrected chi connectivity index (χ1v) is 7.71. The average molecular weight is 317 g/mol. The van der Waals surface area contributed by atoms with Crippen molar-refractivity contribution in [3.63, 3.8) is 0 Å². The molecule has 0 fully saturated rings. The number of aliphatic hydroxyl groups is 1. The van der Waals surface area contributed by atoms with Crippen LogP contribution >= 0.6 is 0 Å². The molecule has 2 aromatic rings. The molecule has 0 aliphatic heterocycles. The number of carbonyl (C=O) groups is 1. The van der Waals surface area contributed by atoms with Gasteiger partial charge >= 0.3 is 6.03 Å². The van der Waals surface area contributed by atoms with E-state index in [1.165, 1.54) is 0 Å². The summed E-state index contributed by atoms with van der Waals surface area (Å²) in [5, 5.41) is 19.3. The van der Waals surface area contributed by atoms with E-state index in [1.54, 1.807) is 17.9 Å². The number of aromatic nitrogens is 3. The summed E-state index contributed by atoms with van der Waals surface area (Å²) in [6, 6.07) is 7.20. The highest BCUT2D eigenvalue weighted by Gasteiger charge is 2.12. The van der Waals surface area contributed by atoms with Gasteiger partial charge in [-0.15, -0.1) is 0 Å². The predicted molar refractivity (Wildman–Crippen MR) is 88.1 cm³/mol. The van der Waals surface area contributed by atoms with Gasteiger partial charge in [0.1, 0.15) is 5.82 Å². The quantitative estimate of drug-likeness (QED) is 0.719. The standard InChI is InChI=1S/C16H23N5O2/c1-3-13-9-15(21(2)20-13)19-16(23)18-10-12(11-22)8-14-6-4-5-7-17-14/h4-7,9,12,22H,3,8,10-11H2,1-2H3,(H2,18,19,23). The van der Waals surface area contributed by atoms with Gasteiger partial charge in [0.05, 0.1) is 5.69 Å². The third-order valence-corrected chi connectivity index (χ3v) is 3.57. The van der Waals surface area contributed by atoms with Gasteiger partial charge in [0.2, 0.25) is 0 Å². The maximum Gasteiger partial charge on any atom is 0.320 e. The van der Waals surface area contributed by atoms with Gasteiger partial charge in [0.25, 0.3) is 0 Å². The summed E-state index contributed by atoms with van der Waals surface area (Å²) in [6.07, 6.45) is 3.15. The van der Waals surface area contributed by atoms with E-state index in [-0.39, 0.29) is 18.6 Å². The van der Waals surface area contributed by atoms with Crippen molar-refractivity contribution >= 4 is 11.8 Å². The summed E-state index contributed by atoms with van der Waals surface area (Å²) in [7, 11) is 1.78. The van der Waals surface area contributed by atoms with Crippen molar-refractivity contribution in [1.82, 2.24) is 20.1 Å². The average Bonchev–Trinajstić information content (AvgIpc) is 2.92. The van der Waals surface area contributed by atoms with Crippen molar-refractivity contribution < 1.29 is 9.90 Å². The second-order valence-corrected chi connectivity index (χ2v) is 5.41. The van der Waals surface area contributed by atoms with Crippen molar-refractivity contribution in [2.45, 2.75) is 19.8 Å². The number of hydrogen-bond donors (Lipinski definition) is 3. The lowest BCUT2D eigenvalue weighted by Gasteiger charge is -2.15. The molecule has 0 aliphatic carbocycles. The molecule has 2 heterocycles. The maximum atomic E-state index is 12.0. The normalized spacial score (nSPS) is 12.0. The molecule has 0 aliphatic rings. The first-order chi connectivity index (χ1) is 11.1. The van der Waals surface area contributed by atoms with Crippen LogP contribution in [0.2, 0.25) is 0 Å². The third-order valence-electron chi connectivity index (χ3n) is 3.57. The van der Waals surface area contributed by atoms with Gasteiger partial charge < -0.3 is 10.4 Å². The van der Waals surface area contributed by atoms with Gasteiger partial charge in [-0.3, -0.25) is 15.0 Å². The Morgan fingerprint density at radius 2 is 2.22 bits per heavy atom. The molecule has 0 aromatic carbocycles. The summed E-state index contributed by atoms with van der Waals surface area (Å²) >= 11 is 0. The molecule has 7 heteroatoms. The first-order valence-electron chi connectivity index (χ1n) is 7.71. The van der Waals surface area contributed by atoms with Gasteiger partial charge in [-0.2, -0.15) is 5.10 Å². The number of nitrogens with zero attached hydrogens (tertiary/aromatic N) is 3. The minimum atomic E-state index is -0.310. The van der Waals surface area contributed by atoms with Gasteiger partial charge in [-0.05, 0) is 25.0 Å². The van der Waals surface area contributed by atoms with Gasteiger partial charge in [0, 0.05) is 44.1 Å². The molecule has 3 N–H and O–H groups in total. The molecule has 0 spiro atoms.